The van der Waals surface area contributed by atoms with Gasteiger partial charge in [-0.25, -0.2) is 16.8 Å². The van der Waals surface area contributed by atoms with E-state index in [1.807, 2.05) is 24.3 Å². The van der Waals surface area contributed by atoms with Crippen LogP contribution < -0.4 is 70.6 Å². The van der Waals surface area contributed by atoms with Crippen LogP contribution in [0.25, 0.3) is 54.9 Å². The Morgan fingerprint density at radius 3 is 1.00 bits per heavy atom. The Kier molecular flexibility index (Phi) is 10.0. The van der Waals surface area contributed by atoms with Crippen LogP contribution in [0, 0.1) is 0 Å². The maximum absolute atomic E-state index is 12.0. The van der Waals surface area contributed by atoms with Crippen molar-refractivity contribution < 1.29 is 85.1 Å². The molecule has 0 aliphatic heterocycles. The fourth-order valence-corrected chi connectivity index (χ4v) is 6.72. The minimum Gasteiger partial charge on any atom is -0.744 e. The molecule has 44 heavy (non-hydrogen) atoms. The quantitative estimate of drug-likeness (QED) is 0.151. The van der Waals surface area contributed by atoms with Gasteiger partial charge in [0.25, 0.3) is 0 Å². The number of rotatable bonds is 5. The van der Waals surface area contributed by atoms with Crippen molar-refractivity contribution in [2.45, 2.75) is 9.79 Å². The molecule has 0 spiro atoms. The second-order valence-electron chi connectivity index (χ2n) is 9.83. The normalized spacial score (nSPS) is 11.6. The summed E-state index contributed by atoms with van der Waals surface area (Å²) in [6.07, 6.45) is 0. The van der Waals surface area contributed by atoms with Crippen LogP contribution in [0.5, 0.6) is 0 Å². The topological polar surface area (TPSA) is 166 Å². The van der Waals surface area contributed by atoms with E-state index in [1.165, 1.54) is 12.1 Å². The van der Waals surface area contributed by atoms with Gasteiger partial charge in [-0.3, -0.25) is 0 Å². The van der Waals surface area contributed by atoms with E-state index in [-0.39, 0.29) is 79.7 Å². The maximum atomic E-state index is 12.0. The monoisotopic (exact) mass is 640 g/mol. The summed E-state index contributed by atoms with van der Waals surface area (Å²) in [7, 11) is -9.49. The first-order chi connectivity index (χ1) is 19.9. The second kappa shape index (κ2) is 12.9. The summed E-state index contributed by atoms with van der Waals surface area (Å²) in [6, 6.07) is 30.4. The molecule has 0 aliphatic rings. The molecule has 12 heteroatoms. The van der Waals surface area contributed by atoms with Gasteiger partial charge in [0.05, 0.1) is 9.79 Å². The van der Waals surface area contributed by atoms with Crippen molar-refractivity contribution in [1.29, 1.82) is 0 Å². The van der Waals surface area contributed by atoms with Crippen LogP contribution in [0.3, 0.4) is 0 Å². The molecule has 0 aromatic heterocycles. The average Bonchev–Trinajstić information content (AvgIpc) is 2.97. The molecule has 0 saturated heterocycles. The molecule has 6 rings (SSSR count). The Morgan fingerprint density at radius 2 is 0.705 bits per heavy atom. The van der Waals surface area contributed by atoms with Gasteiger partial charge in [0.1, 0.15) is 20.2 Å². The Hall–Kier alpha value is -2.74. The van der Waals surface area contributed by atoms with Gasteiger partial charge in [-0.15, -0.1) is 0 Å². The van der Waals surface area contributed by atoms with Gasteiger partial charge in [0.2, 0.25) is 0 Å². The van der Waals surface area contributed by atoms with Crippen molar-refractivity contribution in [3.05, 3.63) is 109 Å². The van der Waals surface area contributed by atoms with Crippen molar-refractivity contribution in [2.75, 3.05) is 11.5 Å². The molecule has 0 unspecified atom stereocenters. The maximum Gasteiger partial charge on any atom is 1.00 e. The summed E-state index contributed by atoms with van der Waals surface area (Å²) in [5, 5.41) is 1.50. The number of hydrogen-bond donors (Lipinski definition) is 2. The first kappa shape index (κ1) is 34.1. The van der Waals surface area contributed by atoms with E-state index in [4.69, 9.17) is 11.5 Å². The fourth-order valence-electron chi connectivity index (χ4n) is 5.30. The Labute approximate surface area is 299 Å². The molecule has 8 nitrogen and oxygen atoms in total. The molecule has 0 radical (unpaired) electrons. The number of benzene rings is 6. The molecule has 0 fully saturated rings. The third-order valence-corrected chi connectivity index (χ3v) is 9.11. The van der Waals surface area contributed by atoms with E-state index < -0.39 is 20.2 Å². The van der Waals surface area contributed by atoms with Gasteiger partial charge >= 0.3 is 59.1 Å². The van der Waals surface area contributed by atoms with E-state index in [2.05, 4.69) is 0 Å². The van der Waals surface area contributed by atoms with Gasteiger partial charge in [0.15, 0.2) is 0 Å². The molecule has 0 aliphatic carbocycles. The van der Waals surface area contributed by atoms with Crippen molar-refractivity contribution >= 4 is 53.2 Å². The predicted octanol–water partition coefficient (Wildman–Crippen LogP) is -0.0254. The fraction of sp³-hybridized carbons (Fsp3) is 0. The molecular weight excluding hydrogens is 618 g/mol. The van der Waals surface area contributed by atoms with Gasteiger partial charge in [-0.05, 0) is 34.4 Å². The van der Waals surface area contributed by atoms with Crippen LogP contribution in [0.15, 0.2) is 119 Å². The summed E-state index contributed by atoms with van der Waals surface area (Å²) in [6.45, 7) is 0. The Balaban J connectivity index is 0.00000221. The van der Waals surface area contributed by atoms with Gasteiger partial charge in [-0.1, -0.05) is 97.1 Å². The SMILES string of the molecule is Nc1c(-c2ccc(-c3ccc(-c4cc(S(=O)(=O)[O-])c5ccccc5c4N)cc3)cc2)cc(S(=O)(=O)[O-])c2ccccc12.[Na+].[Na+]. The van der Waals surface area contributed by atoms with Crippen molar-refractivity contribution in [3.8, 4) is 33.4 Å². The number of nitrogens with two attached hydrogens (primary N) is 2. The van der Waals surface area contributed by atoms with Crippen LogP contribution in [0.1, 0.15) is 0 Å². The van der Waals surface area contributed by atoms with Gasteiger partial charge in [0, 0.05) is 44.0 Å². The molecule has 0 saturated carbocycles. The molecule has 0 heterocycles. The molecule has 0 atom stereocenters. The summed E-state index contributed by atoms with van der Waals surface area (Å²) < 4.78 is 72.1. The van der Waals surface area contributed by atoms with Crippen LogP contribution >= 0.6 is 0 Å². The molecule has 6 aromatic rings. The molecule has 6 aromatic carbocycles. The molecule has 0 amide bonds. The van der Waals surface area contributed by atoms with Gasteiger partial charge in [-0.2, -0.15) is 0 Å². The molecular formula is C32H22N2Na2O6S2. The zero-order chi connectivity index (χ0) is 29.8. The Morgan fingerprint density at radius 1 is 0.432 bits per heavy atom. The van der Waals surface area contributed by atoms with Crippen molar-refractivity contribution in [2.24, 2.45) is 0 Å². The van der Waals surface area contributed by atoms with Gasteiger partial charge < -0.3 is 20.6 Å². The summed E-state index contributed by atoms with van der Waals surface area (Å²) in [5.74, 6) is 0. The largest absolute Gasteiger partial charge is 1.00 e. The second-order valence-corrected chi connectivity index (χ2v) is 12.5. The van der Waals surface area contributed by atoms with E-state index in [0.29, 0.717) is 44.4 Å². The number of anilines is 2. The number of fused-ring (bicyclic) bond motifs is 2. The Bertz CT molecular complexity index is 2100. The number of nitrogen functional groups attached to an aromatic ring is 2. The molecule has 4 N–H and O–H groups in total. The summed E-state index contributed by atoms with van der Waals surface area (Å²) in [5.41, 5.74) is 17.4. The minimum absolute atomic E-state index is 0. The predicted molar refractivity (Wildman–Crippen MR) is 163 cm³/mol. The number of hydrogen-bond acceptors (Lipinski definition) is 8. The average molecular weight is 641 g/mol. The first-order valence-corrected chi connectivity index (χ1v) is 15.5. The van der Waals surface area contributed by atoms with E-state index >= 15 is 0 Å². The van der Waals surface area contributed by atoms with Crippen LogP contribution in [0.2, 0.25) is 0 Å². The van der Waals surface area contributed by atoms with Crippen LogP contribution in [-0.4, -0.2) is 25.9 Å². The van der Waals surface area contributed by atoms with Crippen LogP contribution in [-0.2, 0) is 20.2 Å². The first-order valence-electron chi connectivity index (χ1n) is 12.7. The van der Waals surface area contributed by atoms with Crippen molar-refractivity contribution in [1.82, 2.24) is 0 Å². The van der Waals surface area contributed by atoms with E-state index in [0.717, 1.165) is 11.1 Å². The zero-order valence-corrected chi connectivity index (χ0v) is 29.4. The summed E-state index contributed by atoms with van der Waals surface area (Å²) >= 11 is 0. The molecule has 0 bridgehead atoms. The van der Waals surface area contributed by atoms with Crippen molar-refractivity contribution in [3.63, 3.8) is 0 Å². The summed E-state index contributed by atoms with van der Waals surface area (Å²) in [4.78, 5) is -0.661. The third-order valence-electron chi connectivity index (χ3n) is 7.36. The molecule has 210 valence electrons. The van der Waals surface area contributed by atoms with E-state index in [9.17, 15) is 25.9 Å². The third kappa shape index (κ3) is 6.33. The van der Waals surface area contributed by atoms with Crippen LogP contribution in [0.4, 0.5) is 11.4 Å². The zero-order valence-electron chi connectivity index (χ0n) is 23.8. The standard InChI is InChI=1S/C32H24N2O6S2.2Na/c33-31-25-7-3-1-5-23(25)29(41(35,36)37)17-27(31)21-13-9-19(10-14-21)20-11-15-22(16-12-20)28-18-30(42(38,39)40)24-6-2-4-8-26(24)32(28)34;;/h1-18H,33-34H2,(H,35,36,37)(H,38,39,40);;/q;2*+1/p-2. The van der Waals surface area contributed by atoms with E-state index in [1.54, 1.807) is 72.8 Å². The minimum atomic E-state index is -4.75. The smallest absolute Gasteiger partial charge is 0.744 e.